The van der Waals surface area contributed by atoms with E-state index in [0.29, 0.717) is 26.3 Å². The Kier molecular flexibility index (Phi) is 5.07. The SMILES string of the molecule is CC(C)(CNC(=O)NCc1ccncc1)c1ccc2c(c1)OCCO2. The molecule has 0 bridgehead atoms. The van der Waals surface area contributed by atoms with Gasteiger partial charge in [-0.25, -0.2) is 4.79 Å². The van der Waals surface area contributed by atoms with E-state index in [0.717, 1.165) is 22.6 Å². The minimum absolute atomic E-state index is 0.192. The Hall–Kier alpha value is -2.76. The largest absolute Gasteiger partial charge is 0.486 e. The molecule has 0 saturated carbocycles. The van der Waals surface area contributed by atoms with Crippen LogP contribution in [0.3, 0.4) is 0 Å². The third-order valence-electron chi connectivity index (χ3n) is 4.22. The number of ether oxygens (including phenoxy) is 2. The fourth-order valence-electron chi connectivity index (χ4n) is 2.61. The molecule has 3 rings (SSSR count). The molecular formula is C19H23N3O3. The van der Waals surface area contributed by atoms with Crippen LogP contribution in [0.15, 0.2) is 42.7 Å². The molecular weight excluding hydrogens is 318 g/mol. The number of carbonyl (C=O) groups is 1. The number of nitrogens with one attached hydrogen (secondary N) is 2. The van der Waals surface area contributed by atoms with Crippen molar-refractivity contribution in [2.45, 2.75) is 25.8 Å². The molecule has 0 aliphatic carbocycles. The van der Waals surface area contributed by atoms with E-state index in [1.807, 2.05) is 30.3 Å². The van der Waals surface area contributed by atoms with E-state index in [1.54, 1.807) is 12.4 Å². The topological polar surface area (TPSA) is 72.5 Å². The molecule has 0 spiro atoms. The number of urea groups is 1. The summed E-state index contributed by atoms with van der Waals surface area (Å²) in [4.78, 5) is 16.0. The summed E-state index contributed by atoms with van der Waals surface area (Å²) < 4.78 is 11.2. The van der Waals surface area contributed by atoms with Gasteiger partial charge in [0.05, 0.1) is 0 Å². The number of hydrogen-bond acceptors (Lipinski definition) is 4. The highest BCUT2D eigenvalue weighted by atomic mass is 16.6. The molecule has 6 nitrogen and oxygen atoms in total. The van der Waals surface area contributed by atoms with Gasteiger partial charge < -0.3 is 20.1 Å². The van der Waals surface area contributed by atoms with Gasteiger partial charge in [0.15, 0.2) is 11.5 Å². The van der Waals surface area contributed by atoms with E-state index in [2.05, 4.69) is 29.5 Å². The zero-order valence-corrected chi connectivity index (χ0v) is 14.5. The zero-order valence-electron chi connectivity index (χ0n) is 14.5. The molecule has 1 aliphatic rings. The molecule has 0 radical (unpaired) electrons. The van der Waals surface area contributed by atoms with Crippen molar-refractivity contribution in [3.05, 3.63) is 53.9 Å². The molecule has 2 N–H and O–H groups in total. The van der Waals surface area contributed by atoms with Crippen molar-refractivity contribution in [2.75, 3.05) is 19.8 Å². The van der Waals surface area contributed by atoms with Crippen LogP contribution in [0.1, 0.15) is 25.0 Å². The Morgan fingerprint density at radius 2 is 1.80 bits per heavy atom. The highest BCUT2D eigenvalue weighted by Gasteiger charge is 2.24. The van der Waals surface area contributed by atoms with Crippen LogP contribution in [0.5, 0.6) is 11.5 Å². The van der Waals surface area contributed by atoms with Gasteiger partial charge >= 0.3 is 6.03 Å². The van der Waals surface area contributed by atoms with Crippen LogP contribution in [-0.4, -0.2) is 30.8 Å². The molecule has 25 heavy (non-hydrogen) atoms. The Balaban J connectivity index is 1.55. The molecule has 1 aliphatic heterocycles. The maximum absolute atomic E-state index is 12.0. The Labute approximate surface area is 147 Å². The fraction of sp³-hybridized carbons (Fsp3) is 0.368. The molecule has 0 fully saturated rings. The lowest BCUT2D eigenvalue weighted by Gasteiger charge is -2.27. The van der Waals surface area contributed by atoms with E-state index in [9.17, 15) is 4.79 Å². The highest BCUT2D eigenvalue weighted by molar-refractivity contribution is 5.74. The quantitative estimate of drug-likeness (QED) is 0.877. The number of carbonyl (C=O) groups excluding carboxylic acids is 1. The van der Waals surface area contributed by atoms with Crippen LogP contribution in [0.25, 0.3) is 0 Å². The summed E-state index contributed by atoms with van der Waals surface area (Å²) in [5.41, 5.74) is 1.87. The van der Waals surface area contributed by atoms with Crippen LogP contribution in [0, 0.1) is 0 Å². The van der Waals surface area contributed by atoms with E-state index >= 15 is 0 Å². The molecule has 132 valence electrons. The molecule has 2 aromatic rings. The van der Waals surface area contributed by atoms with E-state index < -0.39 is 0 Å². The number of pyridine rings is 1. The van der Waals surface area contributed by atoms with Gasteiger partial charge in [-0.1, -0.05) is 19.9 Å². The van der Waals surface area contributed by atoms with E-state index in [1.165, 1.54) is 0 Å². The second-order valence-electron chi connectivity index (χ2n) is 6.63. The van der Waals surface area contributed by atoms with Crippen molar-refractivity contribution in [1.82, 2.24) is 15.6 Å². The van der Waals surface area contributed by atoms with Gasteiger partial charge in [-0.05, 0) is 35.4 Å². The molecule has 0 atom stereocenters. The molecule has 2 heterocycles. The fourth-order valence-corrected chi connectivity index (χ4v) is 2.61. The van der Waals surface area contributed by atoms with Crippen molar-refractivity contribution in [1.29, 1.82) is 0 Å². The number of hydrogen-bond donors (Lipinski definition) is 2. The van der Waals surface area contributed by atoms with Crippen LogP contribution >= 0.6 is 0 Å². The average Bonchev–Trinajstić information content (AvgIpc) is 2.65. The highest BCUT2D eigenvalue weighted by Crippen LogP contribution is 2.34. The lowest BCUT2D eigenvalue weighted by atomic mass is 9.84. The van der Waals surface area contributed by atoms with Crippen LogP contribution in [0.2, 0.25) is 0 Å². The first-order chi connectivity index (χ1) is 12.0. The number of nitrogens with zero attached hydrogens (tertiary/aromatic N) is 1. The first kappa shape index (κ1) is 17.1. The Morgan fingerprint density at radius 3 is 2.56 bits per heavy atom. The summed E-state index contributed by atoms with van der Waals surface area (Å²) >= 11 is 0. The predicted octanol–water partition coefficient (Wildman–Crippen LogP) is 2.63. The summed E-state index contributed by atoms with van der Waals surface area (Å²) in [7, 11) is 0. The van der Waals surface area contributed by atoms with Crippen molar-refractivity contribution >= 4 is 6.03 Å². The monoisotopic (exact) mass is 341 g/mol. The summed E-state index contributed by atoms with van der Waals surface area (Å²) in [6, 6.07) is 9.49. The van der Waals surface area contributed by atoms with E-state index in [4.69, 9.17) is 9.47 Å². The minimum Gasteiger partial charge on any atom is -0.486 e. The third-order valence-corrected chi connectivity index (χ3v) is 4.22. The molecule has 0 saturated heterocycles. The van der Waals surface area contributed by atoms with Crippen molar-refractivity contribution < 1.29 is 14.3 Å². The predicted molar refractivity (Wildman–Crippen MR) is 94.9 cm³/mol. The summed E-state index contributed by atoms with van der Waals surface area (Å²) in [5.74, 6) is 1.54. The number of rotatable bonds is 5. The maximum Gasteiger partial charge on any atom is 0.315 e. The van der Waals surface area contributed by atoms with Crippen molar-refractivity contribution in [3.8, 4) is 11.5 Å². The average molecular weight is 341 g/mol. The van der Waals surface area contributed by atoms with Crippen LogP contribution in [0.4, 0.5) is 4.79 Å². The number of amides is 2. The van der Waals surface area contributed by atoms with E-state index in [-0.39, 0.29) is 11.4 Å². The summed E-state index contributed by atoms with van der Waals surface area (Å²) in [5, 5.41) is 5.78. The lowest BCUT2D eigenvalue weighted by Crippen LogP contribution is -2.42. The molecule has 2 amide bonds. The van der Waals surface area contributed by atoms with Gasteiger partial charge in [0, 0.05) is 30.9 Å². The van der Waals surface area contributed by atoms with Gasteiger partial charge in [-0.15, -0.1) is 0 Å². The lowest BCUT2D eigenvalue weighted by molar-refractivity contribution is 0.171. The summed E-state index contributed by atoms with van der Waals surface area (Å²) in [6.45, 7) is 6.29. The first-order valence-electron chi connectivity index (χ1n) is 8.35. The third kappa shape index (κ3) is 4.41. The van der Waals surface area contributed by atoms with Gasteiger partial charge in [-0.3, -0.25) is 4.98 Å². The Bertz CT molecular complexity index is 732. The minimum atomic E-state index is -0.232. The van der Waals surface area contributed by atoms with Crippen molar-refractivity contribution in [2.24, 2.45) is 0 Å². The zero-order chi connectivity index (χ0) is 17.7. The number of fused-ring (bicyclic) bond motifs is 1. The van der Waals surface area contributed by atoms with Gasteiger partial charge in [0.25, 0.3) is 0 Å². The van der Waals surface area contributed by atoms with Crippen LogP contribution < -0.4 is 20.1 Å². The van der Waals surface area contributed by atoms with Crippen molar-refractivity contribution in [3.63, 3.8) is 0 Å². The maximum atomic E-state index is 12.0. The molecule has 1 aromatic carbocycles. The second-order valence-corrected chi connectivity index (χ2v) is 6.63. The normalized spacial score (nSPS) is 13.2. The number of aromatic nitrogens is 1. The first-order valence-corrected chi connectivity index (χ1v) is 8.35. The van der Waals surface area contributed by atoms with Gasteiger partial charge in [0.2, 0.25) is 0 Å². The van der Waals surface area contributed by atoms with Gasteiger partial charge in [-0.2, -0.15) is 0 Å². The Morgan fingerprint density at radius 1 is 1.08 bits per heavy atom. The summed E-state index contributed by atoms with van der Waals surface area (Å²) in [6.07, 6.45) is 3.42. The molecule has 6 heteroatoms. The second kappa shape index (κ2) is 7.42. The van der Waals surface area contributed by atoms with Gasteiger partial charge in [0.1, 0.15) is 13.2 Å². The smallest absolute Gasteiger partial charge is 0.315 e. The standard InChI is InChI=1S/C19H23N3O3/c1-19(2,15-3-4-16-17(11-15)25-10-9-24-16)13-22-18(23)21-12-14-5-7-20-8-6-14/h3-8,11H,9-10,12-13H2,1-2H3,(H2,21,22,23). The number of benzene rings is 1. The molecule has 0 unspecified atom stereocenters. The molecule has 1 aromatic heterocycles. The van der Waals surface area contributed by atoms with Crippen LogP contribution in [-0.2, 0) is 12.0 Å².